The van der Waals surface area contributed by atoms with Crippen LogP contribution in [0.2, 0.25) is 0 Å². The van der Waals surface area contributed by atoms with Crippen LogP contribution in [0.4, 0.5) is 0 Å². The predicted molar refractivity (Wildman–Crippen MR) is 57.6 cm³/mol. The lowest BCUT2D eigenvalue weighted by Gasteiger charge is -2.04. The van der Waals surface area contributed by atoms with Crippen LogP contribution in [0.1, 0.15) is 11.0 Å². The lowest BCUT2D eigenvalue weighted by molar-refractivity contribution is -0.138. The summed E-state index contributed by atoms with van der Waals surface area (Å²) in [5, 5.41) is 9.21. The third-order valence-electron chi connectivity index (χ3n) is 2.15. The molecule has 0 fully saturated rings. The van der Waals surface area contributed by atoms with Crippen LogP contribution < -0.4 is 5.73 Å². The second-order valence-electron chi connectivity index (χ2n) is 3.20. The summed E-state index contributed by atoms with van der Waals surface area (Å²) >= 11 is 0. The molecule has 2 rings (SSSR count). The van der Waals surface area contributed by atoms with Gasteiger partial charge in [-0.2, -0.15) is 0 Å². The largest absolute Gasteiger partial charge is 0.480 e. The highest BCUT2D eigenvalue weighted by molar-refractivity contribution is 5.84. The quantitative estimate of drug-likeness (QED) is 0.707. The van der Waals surface area contributed by atoms with Crippen molar-refractivity contribution in [1.29, 1.82) is 0 Å². The molecular weight excluding hydrogens is 192 g/mol. The van der Waals surface area contributed by atoms with Gasteiger partial charge in [-0.1, -0.05) is 18.2 Å². The topological polar surface area (TPSA) is 79.1 Å². The number of H-pyrrole nitrogens is 1. The number of hydrogen-bond donors (Lipinski definition) is 3. The Hall–Kier alpha value is -1.81. The monoisotopic (exact) mass is 208 g/mol. The summed E-state index contributed by atoms with van der Waals surface area (Å²) < 4.78 is 30.6. The van der Waals surface area contributed by atoms with Crippen LogP contribution in [0.3, 0.4) is 0 Å². The lowest BCUT2D eigenvalue weighted by atomic mass is 10.1. The number of para-hydroxylation sites is 1. The highest BCUT2D eigenvalue weighted by atomic mass is 16.4. The zero-order valence-corrected chi connectivity index (χ0v) is 7.79. The summed E-state index contributed by atoms with van der Waals surface area (Å²) in [5.41, 5.74) is 6.06. The van der Waals surface area contributed by atoms with Gasteiger partial charge in [-0.25, -0.2) is 0 Å². The zero-order chi connectivity index (χ0) is 14.3. The van der Waals surface area contributed by atoms with E-state index in [2.05, 4.69) is 4.98 Å². The minimum Gasteiger partial charge on any atom is -0.480 e. The molecule has 0 saturated carbocycles. The highest BCUT2D eigenvalue weighted by Gasteiger charge is 2.14. The number of aromatic amines is 1. The van der Waals surface area contributed by atoms with E-state index in [9.17, 15) is 4.79 Å². The summed E-state index contributed by atoms with van der Waals surface area (Å²) in [6.07, 6.45) is -0.102. The Morgan fingerprint density at radius 2 is 2.47 bits per heavy atom. The Labute approximate surface area is 92.3 Å². The van der Waals surface area contributed by atoms with Gasteiger partial charge in [0.15, 0.2) is 0 Å². The van der Waals surface area contributed by atoms with Crippen LogP contribution in [0.25, 0.3) is 10.9 Å². The van der Waals surface area contributed by atoms with Crippen molar-refractivity contribution >= 4 is 16.9 Å². The van der Waals surface area contributed by atoms with Crippen molar-refractivity contribution in [1.82, 2.24) is 4.98 Å². The standard InChI is InChI=1S/C11H12N2O2/c12-9(11(14)15)5-7-6-13-10-4-2-1-3-8(7)10/h1-4,6,9,13H,5,12H2,(H,14,15)/t9-/m0/s1/i1D,2D,4D,6D. The van der Waals surface area contributed by atoms with Gasteiger partial charge in [-0.15, -0.1) is 0 Å². The minimum absolute atomic E-state index is 0.0369. The molecule has 4 heteroatoms. The van der Waals surface area contributed by atoms with Crippen molar-refractivity contribution in [2.45, 2.75) is 12.5 Å². The van der Waals surface area contributed by atoms with Gasteiger partial charge in [-0.05, 0) is 11.6 Å². The fourth-order valence-electron chi connectivity index (χ4n) is 1.36. The van der Waals surface area contributed by atoms with E-state index < -0.39 is 12.0 Å². The molecule has 0 radical (unpaired) electrons. The van der Waals surface area contributed by atoms with Crippen molar-refractivity contribution < 1.29 is 15.4 Å². The maximum atomic E-state index is 10.8. The van der Waals surface area contributed by atoms with E-state index >= 15 is 0 Å². The van der Waals surface area contributed by atoms with E-state index in [-0.39, 0.29) is 36.2 Å². The van der Waals surface area contributed by atoms with Crippen molar-refractivity contribution in [2.24, 2.45) is 5.73 Å². The molecule has 0 aliphatic rings. The van der Waals surface area contributed by atoms with E-state index in [1.54, 1.807) is 0 Å². The molecule has 1 aromatic carbocycles. The first-order chi connectivity index (χ1) is 8.82. The van der Waals surface area contributed by atoms with Gasteiger partial charge >= 0.3 is 5.97 Å². The Morgan fingerprint density at radius 1 is 1.67 bits per heavy atom. The summed E-state index contributed by atoms with van der Waals surface area (Å²) in [5.74, 6) is -1.18. The van der Waals surface area contributed by atoms with Gasteiger partial charge < -0.3 is 15.8 Å². The lowest BCUT2D eigenvalue weighted by Crippen LogP contribution is -2.32. The average molecular weight is 208 g/mol. The molecule has 2 aromatic rings. The van der Waals surface area contributed by atoms with Crippen molar-refractivity contribution in [3.8, 4) is 0 Å². The first-order valence-corrected chi connectivity index (χ1v) is 4.39. The van der Waals surface area contributed by atoms with Crippen molar-refractivity contribution in [2.75, 3.05) is 0 Å². The van der Waals surface area contributed by atoms with Crippen LogP contribution in [-0.4, -0.2) is 22.1 Å². The third-order valence-corrected chi connectivity index (χ3v) is 2.15. The van der Waals surface area contributed by atoms with Crippen LogP contribution >= 0.6 is 0 Å². The molecule has 0 unspecified atom stereocenters. The van der Waals surface area contributed by atoms with Crippen LogP contribution in [-0.2, 0) is 11.2 Å². The van der Waals surface area contributed by atoms with Crippen LogP contribution in [0.15, 0.2) is 30.4 Å². The number of rotatable bonds is 3. The van der Waals surface area contributed by atoms with E-state index in [1.165, 1.54) is 6.07 Å². The van der Waals surface area contributed by atoms with Crippen LogP contribution in [0.5, 0.6) is 0 Å². The van der Waals surface area contributed by atoms with Gasteiger partial charge in [0.1, 0.15) is 6.04 Å². The number of nitrogens with two attached hydrogens (primary N) is 1. The van der Waals surface area contributed by atoms with Crippen molar-refractivity contribution in [3.63, 3.8) is 0 Å². The molecule has 0 saturated heterocycles. The van der Waals surface area contributed by atoms with E-state index in [0.29, 0.717) is 10.9 Å². The minimum atomic E-state index is -1.18. The number of fused-ring (bicyclic) bond motifs is 1. The molecule has 1 heterocycles. The Bertz CT molecular complexity index is 668. The van der Waals surface area contributed by atoms with E-state index in [4.69, 9.17) is 16.3 Å². The second-order valence-corrected chi connectivity index (χ2v) is 3.20. The first-order valence-electron chi connectivity index (χ1n) is 6.39. The Balaban J connectivity index is 2.62. The molecule has 0 spiro atoms. The molecule has 0 aliphatic carbocycles. The molecule has 1 atom stereocenters. The zero-order valence-electron chi connectivity index (χ0n) is 11.8. The van der Waals surface area contributed by atoms with E-state index in [0.717, 1.165) is 0 Å². The molecule has 15 heavy (non-hydrogen) atoms. The average Bonchev–Trinajstić information content (AvgIpc) is 2.64. The van der Waals surface area contributed by atoms with Gasteiger partial charge in [0.25, 0.3) is 0 Å². The highest BCUT2D eigenvalue weighted by Crippen LogP contribution is 2.18. The summed E-state index contributed by atoms with van der Waals surface area (Å²) in [6, 6.07) is -0.341. The van der Waals surface area contributed by atoms with E-state index in [1.807, 2.05) is 0 Å². The van der Waals surface area contributed by atoms with Gasteiger partial charge in [0.05, 0.1) is 5.48 Å². The number of carboxylic acid groups (broad SMARTS) is 1. The number of carboxylic acids is 1. The molecule has 0 aliphatic heterocycles. The van der Waals surface area contributed by atoms with Gasteiger partial charge in [-0.3, -0.25) is 4.79 Å². The summed E-state index contributed by atoms with van der Waals surface area (Å²) in [7, 11) is 0. The summed E-state index contributed by atoms with van der Waals surface area (Å²) in [4.78, 5) is 13.4. The number of aromatic nitrogens is 1. The molecule has 0 amide bonds. The second kappa shape index (κ2) is 3.74. The van der Waals surface area contributed by atoms with Gasteiger partial charge in [0, 0.05) is 23.5 Å². The predicted octanol–water partition coefficient (Wildman–Crippen LogP) is 1.12. The summed E-state index contributed by atoms with van der Waals surface area (Å²) in [6.45, 7) is 0. The fraction of sp³-hybridized carbons (Fsp3) is 0.182. The number of carbonyl (C=O) groups is 1. The van der Waals surface area contributed by atoms with Gasteiger partial charge in [0.2, 0.25) is 0 Å². The maximum Gasteiger partial charge on any atom is 0.320 e. The normalized spacial score (nSPS) is 16.6. The number of benzene rings is 1. The number of nitrogens with one attached hydrogen (secondary N) is 1. The number of aliphatic carboxylic acids is 1. The maximum absolute atomic E-state index is 10.8. The van der Waals surface area contributed by atoms with Crippen LogP contribution in [0, 0.1) is 0 Å². The molecule has 78 valence electrons. The smallest absolute Gasteiger partial charge is 0.320 e. The Kier molecular flexibility index (Phi) is 1.48. The molecule has 0 bridgehead atoms. The SMILES string of the molecule is [2H]c1cc2c(C[C@H](N)C(=O)O)c([2H])[nH]c2c([2H])c1[2H]. The molecule has 4 nitrogen and oxygen atoms in total. The molecular formula is C11H12N2O2. The van der Waals surface area contributed by atoms with Crippen molar-refractivity contribution in [3.05, 3.63) is 35.9 Å². The third kappa shape index (κ3) is 1.85. The molecule has 1 aromatic heterocycles. The molecule has 4 N–H and O–H groups in total. The first kappa shape index (κ1) is 5.92. The number of hydrogen-bond acceptors (Lipinski definition) is 2. The fourth-order valence-corrected chi connectivity index (χ4v) is 1.36. The Morgan fingerprint density at radius 3 is 3.20 bits per heavy atom.